The number of halogens is 1. The van der Waals surface area contributed by atoms with Gasteiger partial charge in [-0.3, -0.25) is 4.99 Å². The van der Waals surface area contributed by atoms with Gasteiger partial charge in [-0.05, 0) is 19.4 Å². The molecule has 142 valence electrons. The Labute approximate surface area is 167 Å². The first-order valence-corrected chi connectivity index (χ1v) is 8.64. The molecule has 2 heterocycles. The van der Waals surface area contributed by atoms with E-state index in [1.165, 1.54) is 0 Å². The quantitative estimate of drug-likeness (QED) is 0.264. The molecule has 0 unspecified atom stereocenters. The molecule has 1 aliphatic heterocycles. The molecule has 2 rings (SSSR count). The monoisotopic (exact) mass is 463 g/mol. The lowest BCUT2D eigenvalue weighted by atomic mass is 10.2. The van der Waals surface area contributed by atoms with Crippen molar-refractivity contribution in [1.29, 1.82) is 0 Å². The first-order chi connectivity index (χ1) is 11.8. The number of hydrogen-bond acceptors (Lipinski definition) is 5. The molecular weight excluding hydrogens is 433 g/mol. The number of guanidine groups is 1. The van der Waals surface area contributed by atoms with E-state index in [9.17, 15) is 0 Å². The van der Waals surface area contributed by atoms with Crippen LogP contribution in [0.4, 0.5) is 5.82 Å². The third-order valence-corrected chi connectivity index (χ3v) is 3.81. The molecule has 8 heteroatoms. The van der Waals surface area contributed by atoms with Crippen molar-refractivity contribution < 1.29 is 9.47 Å². The third kappa shape index (κ3) is 7.74. The van der Waals surface area contributed by atoms with Crippen LogP contribution in [0.5, 0.6) is 0 Å². The van der Waals surface area contributed by atoms with Crippen LogP contribution in [-0.4, -0.2) is 64.1 Å². The van der Waals surface area contributed by atoms with Gasteiger partial charge in [0.15, 0.2) is 5.96 Å². The minimum atomic E-state index is 0. The predicted molar refractivity (Wildman–Crippen MR) is 112 cm³/mol. The zero-order valence-electron chi connectivity index (χ0n) is 15.2. The van der Waals surface area contributed by atoms with Crippen molar-refractivity contribution >= 4 is 35.8 Å². The molecular formula is C17H30IN5O2. The second-order valence-electron chi connectivity index (χ2n) is 5.49. The standard InChI is InChI=1S/C17H29N5O2.HI/c1-3-23-11-5-8-20-17(18-2)21-14-15-6-4-7-19-16(15)22-9-12-24-13-10-22;/h4,6-7H,3,5,8-14H2,1-2H3,(H2,18,20,21);1H. The van der Waals surface area contributed by atoms with Crippen LogP contribution in [-0.2, 0) is 16.0 Å². The van der Waals surface area contributed by atoms with E-state index < -0.39 is 0 Å². The van der Waals surface area contributed by atoms with Crippen molar-refractivity contribution in [3.8, 4) is 0 Å². The van der Waals surface area contributed by atoms with E-state index in [0.29, 0.717) is 6.54 Å². The molecule has 0 aromatic carbocycles. The molecule has 0 spiro atoms. The van der Waals surface area contributed by atoms with Gasteiger partial charge < -0.3 is 25.0 Å². The molecule has 0 bridgehead atoms. The molecule has 25 heavy (non-hydrogen) atoms. The van der Waals surface area contributed by atoms with E-state index in [-0.39, 0.29) is 24.0 Å². The van der Waals surface area contributed by atoms with E-state index in [1.54, 1.807) is 7.05 Å². The molecule has 0 aliphatic carbocycles. The summed E-state index contributed by atoms with van der Waals surface area (Å²) in [6, 6.07) is 4.08. The highest BCUT2D eigenvalue weighted by Gasteiger charge is 2.15. The first kappa shape index (κ1) is 21.9. The average Bonchev–Trinajstić information content (AvgIpc) is 2.65. The topological polar surface area (TPSA) is 71.0 Å². The van der Waals surface area contributed by atoms with Crippen molar-refractivity contribution in [3.63, 3.8) is 0 Å². The Bertz CT molecular complexity index is 510. The number of ether oxygens (including phenoxy) is 2. The van der Waals surface area contributed by atoms with Gasteiger partial charge in [-0.25, -0.2) is 4.98 Å². The first-order valence-electron chi connectivity index (χ1n) is 8.64. The summed E-state index contributed by atoms with van der Waals surface area (Å²) in [5.74, 6) is 1.82. The lowest BCUT2D eigenvalue weighted by Gasteiger charge is -2.29. The van der Waals surface area contributed by atoms with E-state index >= 15 is 0 Å². The summed E-state index contributed by atoms with van der Waals surface area (Å²) in [4.78, 5) is 11.1. The fourth-order valence-corrected chi connectivity index (χ4v) is 2.55. The van der Waals surface area contributed by atoms with Gasteiger partial charge in [-0.2, -0.15) is 0 Å². The van der Waals surface area contributed by atoms with E-state index in [1.807, 2.05) is 19.2 Å². The smallest absolute Gasteiger partial charge is 0.191 e. The molecule has 2 N–H and O–H groups in total. The summed E-state index contributed by atoms with van der Waals surface area (Å²) in [5, 5.41) is 6.66. The molecule has 1 fully saturated rings. The van der Waals surface area contributed by atoms with Crippen molar-refractivity contribution in [1.82, 2.24) is 15.6 Å². The molecule has 0 radical (unpaired) electrons. The second-order valence-corrected chi connectivity index (χ2v) is 5.49. The molecule has 1 aromatic rings. The minimum absolute atomic E-state index is 0. The highest BCUT2D eigenvalue weighted by atomic mass is 127. The summed E-state index contributed by atoms with van der Waals surface area (Å²) in [7, 11) is 1.78. The van der Waals surface area contributed by atoms with Crippen molar-refractivity contribution in [2.24, 2.45) is 4.99 Å². The van der Waals surface area contributed by atoms with Gasteiger partial charge in [0.25, 0.3) is 0 Å². The van der Waals surface area contributed by atoms with Gasteiger partial charge in [-0.15, -0.1) is 24.0 Å². The van der Waals surface area contributed by atoms with Gasteiger partial charge in [0.2, 0.25) is 0 Å². The van der Waals surface area contributed by atoms with Gasteiger partial charge >= 0.3 is 0 Å². The average molecular weight is 463 g/mol. The number of morpholine rings is 1. The van der Waals surface area contributed by atoms with E-state index in [4.69, 9.17) is 9.47 Å². The minimum Gasteiger partial charge on any atom is -0.382 e. The van der Waals surface area contributed by atoms with Gasteiger partial charge in [0, 0.05) is 58.2 Å². The molecule has 0 amide bonds. The maximum Gasteiger partial charge on any atom is 0.191 e. The normalized spacial score (nSPS) is 14.8. The highest BCUT2D eigenvalue weighted by Crippen LogP contribution is 2.18. The van der Waals surface area contributed by atoms with E-state index in [2.05, 4.69) is 31.6 Å². The Morgan fingerprint density at radius 3 is 2.88 bits per heavy atom. The number of nitrogens with zero attached hydrogens (tertiary/aromatic N) is 3. The fourth-order valence-electron chi connectivity index (χ4n) is 2.55. The number of hydrogen-bond donors (Lipinski definition) is 2. The van der Waals surface area contributed by atoms with Crippen LogP contribution >= 0.6 is 24.0 Å². The van der Waals surface area contributed by atoms with Gasteiger partial charge in [-0.1, -0.05) is 6.07 Å². The maximum atomic E-state index is 5.42. The Balaban J connectivity index is 0.00000312. The van der Waals surface area contributed by atoms with Crippen LogP contribution in [0.15, 0.2) is 23.3 Å². The maximum absolute atomic E-state index is 5.42. The second kappa shape index (κ2) is 13.1. The number of anilines is 1. The van der Waals surface area contributed by atoms with Crippen LogP contribution in [0.3, 0.4) is 0 Å². The van der Waals surface area contributed by atoms with Crippen LogP contribution in [0.2, 0.25) is 0 Å². The molecule has 1 saturated heterocycles. The summed E-state index contributed by atoms with van der Waals surface area (Å²) in [6.07, 6.45) is 2.80. The van der Waals surface area contributed by atoms with Crippen LogP contribution in [0.25, 0.3) is 0 Å². The number of pyridine rings is 1. The van der Waals surface area contributed by atoms with Crippen molar-refractivity contribution in [3.05, 3.63) is 23.9 Å². The zero-order chi connectivity index (χ0) is 17.0. The molecule has 1 aromatic heterocycles. The fraction of sp³-hybridized carbons (Fsp3) is 0.647. The van der Waals surface area contributed by atoms with Gasteiger partial charge in [0.05, 0.1) is 13.2 Å². The Morgan fingerprint density at radius 1 is 1.36 bits per heavy atom. The summed E-state index contributed by atoms with van der Waals surface area (Å²) >= 11 is 0. The van der Waals surface area contributed by atoms with Crippen molar-refractivity contribution in [2.75, 3.05) is 58.0 Å². The van der Waals surface area contributed by atoms with Crippen LogP contribution in [0.1, 0.15) is 18.9 Å². The van der Waals surface area contributed by atoms with Crippen LogP contribution in [0, 0.1) is 0 Å². The Kier molecular flexibility index (Phi) is 11.5. The lowest BCUT2D eigenvalue weighted by Crippen LogP contribution is -2.39. The Hall–Kier alpha value is -1.13. The molecule has 0 saturated carbocycles. The molecule has 1 aliphatic rings. The van der Waals surface area contributed by atoms with Crippen molar-refractivity contribution in [2.45, 2.75) is 19.9 Å². The van der Waals surface area contributed by atoms with Crippen LogP contribution < -0.4 is 15.5 Å². The molecule has 7 nitrogen and oxygen atoms in total. The third-order valence-electron chi connectivity index (χ3n) is 3.81. The predicted octanol–water partition coefficient (Wildman–Crippen LogP) is 1.63. The zero-order valence-corrected chi connectivity index (χ0v) is 17.5. The SMILES string of the molecule is CCOCCCNC(=NC)NCc1cccnc1N1CCOCC1.I. The highest BCUT2D eigenvalue weighted by molar-refractivity contribution is 14.0. The Morgan fingerprint density at radius 2 is 2.16 bits per heavy atom. The lowest BCUT2D eigenvalue weighted by molar-refractivity contribution is 0.122. The summed E-state index contributed by atoms with van der Waals surface area (Å²) < 4.78 is 10.8. The van der Waals surface area contributed by atoms with Gasteiger partial charge in [0.1, 0.15) is 5.82 Å². The largest absolute Gasteiger partial charge is 0.382 e. The number of aromatic nitrogens is 1. The summed E-state index contributed by atoms with van der Waals surface area (Å²) in [6.45, 7) is 8.34. The number of rotatable bonds is 8. The summed E-state index contributed by atoms with van der Waals surface area (Å²) in [5.41, 5.74) is 1.16. The number of aliphatic imine (C=N–C) groups is 1. The van der Waals surface area contributed by atoms with E-state index in [0.717, 1.165) is 69.8 Å². The molecule has 0 atom stereocenters. The number of nitrogens with one attached hydrogen (secondary N) is 2.